The average molecular weight is 574 g/mol. The van der Waals surface area contributed by atoms with Crippen molar-refractivity contribution >= 4 is 29.4 Å². The van der Waals surface area contributed by atoms with Gasteiger partial charge in [-0.1, -0.05) is 25.1 Å². The van der Waals surface area contributed by atoms with Crippen LogP contribution in [0, 0.1) is 17.7 Å². The Labute approximate surface area is 244 Å². The van der Waals surface area contributed by atoms with E-state index in [-0.39, 0.29) is 35.3 Å². The summed E-state index contributed by atoms with van der Waals surface area (Å²) in [7, 11) is 0. The van der Waals surface area contributed by atoms with Crippen LogP contribution < -0.4 is 10.6 Å². The van der Waals surface area contributed by atoms with Gasteiger partial charge in [0.1, 0.15) is 5.82 Å². The minimum atomic E-state index is -0.338. The van der Waals surface area contributed by atoms with Crippen LogP contribution in [-0.4, -0.2) is 40.6 Å². The van der Waals surface area contributed by atoms with Gasteiger partial charge in [0.05, 0.1) is 6.54 Å². The van der Waals surface area contributed by atoms with E-state index in [1.165, 1.54) is 23.5 Å². The van der Waals surface area contributed by atoms with Crippen LogP contribution in [0.1, 0.15) is 77.8 Å². The topological polar surface area (TPSA) is 78.5 Å². The van der Waals surface area contributed by atoms with Gasteiger partial charge in [0.25, 0.3) is 5.91 Å². The van der Waals surface area contributed by atoms with Gasteiger partial charge < -0.3 is 15.5 Å². The fourth-order valence-electron chi connectivity index (χ4n) is 7.68. The number of hydrogen-bond donors (Lipinski definition) is 2. The molecule has 2 aromatic carbocycles. The van der Waals surface area contributed by atoms with E-state index >= 15 is 0 Å². The molecule has 214 valence electrons. The molecule has 2 aliphatic carbocycles. The maximum Gasteiger partial charge on any atom is 0.251 e. The number of aldehydes is 1. The number of rotatable bonds is 7. The molecule has 0 spiro atoms. The minimum absolute atomic E-state index is 0.0103. The first kappa shape index (κ1) is 27.8. The highest BCUT2D eigenvalue weighted by atomic mass is 32.1. The zero-order chi connectivity index (χ0) is 28.8. The number of thiophene rings is 1. The van der Waals surface area contributed by atoms with Gasteiger partial charge in [-0.25, -0.2) is 4.39 Å². The standard InChI is InChI=1S/C33H36FN3O3S/c1-21-9-22-13-32(2,35-15-30(39)37-16-26-7-8-28(34)11-27(26)17-37)20-33(12-21,14-22)36-31(40)25-5-3-24(4-6-25)29-10-23(18-38)19-41-29/h3-8,10-11,18-19,21-22,35H,9,12-17,20H2,1-2H3,(H,36,40). The van der Waals surface area contributed by atoms with Crippen molar-refractivity contribution in [2.45, 2.75) is 70.1 Å². The zero-order valence-corrected chi connectivity index (χ0v) is 24.4. The van der Waals surface area contributed by atoms with Crippen molar-refractivity contribution in [2.24, 2.45) is 11.8 Å². The highest BCUT2D eigenvalue weighted by molar-refractivity contribution is 7.13. The highest BCUT2D eigenvalue weighted by Crippen LogP contribution is 2.49. The molecule has 2 heterocycles. The van der Waals surface area contributed by atoms with E-state index in [2.05, 4.69) is 24.5 Å². The van der Waals surface area contributed by atoms with Crippen molar-refractivity contribution in [1.82, 2.24) is 15.5 Å². The molecule has 0 saturated heterocycles. The third-order valence-corrected chi connectivity index (χ3v) is 10.1. The van der Waals surface area contributed by atoms with E-state index in [1.807, 2.05) is 35.7 Å². The maximum atomic E-state index is 13.7. The molecule has 8 heteroatoms. The van der Waals surface area contributed by atoms with E-state index in [4.69, 9.17) is 0 Å². The third-order valence-electron chi connectivity index (χ3n) is 9.10. The summed E-state index contributed by atoms with van der Waals surface area (Å²) in [5.74, 6) is 0.637. The minimum Gasteiger partial charge on any atom is -0.347 e. The highest BCUT2D eigenvalue weighted by Gasteiger charge is 2.50. The summed E-state index contributed by atoms with van der Waals surface area (Å²) >= 11 is 1.51. The fraction of sp³-hybridized carbons (Fsp3) is 0.424. The first-order chi connectivity index (χ1) is 19.6. The quantitative estimate of drug-likeness (QED) is 0.342. The second-order valence-corrected chi connectivity index (χ2v) is 13.7. The van der Waals surface area contributed by atoms with Crippen LogP contribution in [0.25, 0.3) is 10.4 Å². The second kappa shape index (κ2) is 10.8. The van der Waals surface area contributed by atoms with E-state index < -0.39 is 0 Å². The maximum absolute atomic E-state index is 13.7. The molecule has 3 aromatic rings. The van der Waals surface area contributed by atoms with Crippen LogP contribution in [0.2, 0.25) is 0 Å². The van der Waals surface area contributed by atoms with Crippen molar-refractivity contribution in [1.29, 1.82) is 0 Å². The van der Waals surface area contributed by atoms with Crippen LogP contribution in [0.15, 0.2) is 53.9 Å². The number of benzene rings is 2. The lowest BCUT2D eigenvalue weighted by atomic mass is 9.58. The molecular formula is C33H36FN3O3S. The Morgan fingerprint density at radius 2 is 1.85 bits per heavy atom. The lowest BCUT2D eigenvalue weighted by molar-refractivity contribution is -0.131. The molecule has 4 atom stereocenters. The van der Waals surface area contributed by atoms with E-state index in [0.29, 0.717) is 36.1 Å². The summed E-state index contributed by atoms with van der Waals surface area (Å²) in [6.45, 7) is 5.62. The number of carbonyl (C=O) groups excluding carboxylic acids is 3. The van der Waals surface area contributed by atoms with Crippen LogP contribution in [-0.2, 0) is 17.9 Å². The summed E-state index contributed by atoms with van der Waals surface area (Å²) in [5.41, 5.74) is 3.51. The number of nitrogens with one attached hydrogen (secondary N) is 2. The molecule has 1 aromatic heterocycles. The number of hydrogen-bond acceptors (Lipinski definition) is 5. The number of carbonyl (C=O) groups is 3. The predicted molar refractivity (Wildman–Crippen MR) is 158 cm³/mol. The number of fused-ring (bicyclic) bond motifs is 3. The summed E-state index contributed by atoms with van der Waals surface area (Å²) in [5, 5.41) is 8.86. The average Bonchev–Trinajstić information content (AvgIpc) is 3.58. The van der Waals surface area contributed by atoms with Gasteiger partial charge in [-0.3, -0.25) is 14.4 Å². The molecule has 2 bridgehead atoms. The molecule has 6 rings (SSSR count). The van der Waals surface area contributed by atoms with E-state index in [0.717, 1.165) is 60.0 Å². The lowest BCUT2D eigenvalue weighted by Gasteiger charge is -2.55. The first-order valence-corrected chi connectivity index (χ1v) is 15.3. The number of halogens is 1. The lowest BCUT2D eigenvalue weighted by Crippen LogP contribution is -2.64. The number of amides is 2. The van der Waals surface area contributed by atoms with Gasteiger partial charge in [-0.2, -0.15) is 0 Å². The Morgan fingerprint density at radius 3 is 2.61 bits per heavy atom. The SMILES string of the molecule is CC1CC2CC(C)(NCC(=O)N3Cc4ccc(F)cc4C3)CC(NC(=O)c3ccc(-c4cc(C=O)cs4)cc3)(C1)C2. The van der Waals surface area contributed by atoms with Crippen LogP contribution in [0.3, 0.4) is 0 Å². The molecule has 1 aliphatic heterocycles. The van der Waals surface area contributed by atoms with Gasteiger partial charge in [-0.15, -0.1) is 11.3 Å². The Hall–Kier alpha value is -3.36. The molecule has 2 saturated carbocycles. The van der Waals surface area contributed by atoms with Gasteiger partial charge in [-0.05, 0) is 97.9 Å². The molecule has 0 radical (unpaired) electrons. The molecule has 2 fully saturated rings. The predicted octanol–water partition coefficient (Wildman–Crippen LogP) is 5.96. The van der Waals surface area contributed by atoms with Gasteiger partial charge in [0, 0.05) is 45.6 Å². The van der Waals surface area contributed by atoms with Gasteiger partial charge in [0.15, 0.2) is 6.29 Å². The van der Waals surface area contributed by atoms with E-state index in [1.54, 1.807) is 11.0 Å². The summed E-state index contributed by atoms with van der Waals surface area (Å²) in [6, 6.07) is 14.2. The zero-order valence-electron chi connectivity index (χ0n) is 23.5. The van der Waals surface area contributed by atoms with Crippen molar-refractivity contribution in [3.8, 4) is 10.4 Å². The smallest absolute Gasteiger partial charge is 0.251 e. The molecule has 2 N–H and O–H groups in total. The summed E-state index contributed by atoms with van der Waals surface area (Å²) in [6.07, 6.45) is 5.54. The molecule has 6 nitrogen and oxygen atoms in total. The van der Waals surface area contributed by atoms with Crippen molar-refractivity contribution in [3.63, 3.8) is 0 Å². The molecule has 2 amide bonds. The third kappa shape index (κ3) is 5.86. The Balaban J connectivity index is 1.12. The normalized spacial score (nSPS) is 26.9. The van der Waals surface area contributed by atoms with Gasteiger partial charge in [0.2, 0.25) is 5.91 Å². The Bertz CT molecular complexity index is 1480. The van der Waals surface area contributed by atoms with Crippen LogP contribution in [0.5, 0.6) is 0 Å². The molecule has 41 heavy (non-hydrogen) atoms. The van der Waals surface area contributed by atoms with Crippen LogP contribution in [0.4, 0.5) is 4.39 Å². The Kier molecular flexibility index (Phi) is 7.32. The summed E-state index contributed by atoms with van der Waals surface area (Å²) in [4.78, 5) is 40.5. The van der Waals surface area contributed by atoms with Gasteiger partial charge >= 0.3 is 0 Å². The Morgan fingerprint density at radius 1 is 1.07 bits per heavy atom. The van der Waals surface area contributed by atoms with Crippen molar-refractivity contribution in [3.05, 3.63) is 82.0 Å². The summed E-state index contributed by atoms with van der Waals surface area (Å²) < 4.78 is 13.7. The first-order valence-electron chi connectivity index (χ1n) is 14.4. The molecule has 4 unspecified atom stereocenters. The van der Waals surface area contributed by atoms with Crippen LogP contribution >= 0.6 is 11.3 Å². The van der Waals surface area contributed by atoms with E-state index in [9.17, 15) is 18.8 Å². The number of nitrogens with zero attached hydrogens (tertiary/aromatic N) is 1. The van der Waals surface area contributed by atoms with Crippen molar-refractivity contribution in [2.75, 3.05) is 6.54 Å². The molecular weight excluding hydrogens is 537 g/mol. The second-order valence-electron chi connectivity index (χ2n) is 12.7. The monoisotopic (exact) mass is 573 g/mol. The fourth-order valence-corrected chi connectivity index (χ4v) is 8.54. The largest absolute Gasteiger partial charge is 0.347 e. The molecule has 3 aliphatic rings. The van der Waals surface area contributed by atoms with Crippen molar-refractivity contribution < 1.29 is 18.8 Å².